The Labute approximate surface area is 164 Å². The van der Waals surface area contributed by atoms with Crippen LogP contribution in [0.1, 0.15) is 5.56 Å². The number of hydrogen-bond acceptors (Lipinski definition) is 1. The van der Waals surface area contributed by atoms with Crippen LogP contribution >= 0.6 is 0 Å². The zero-order valence-corrected chi connectivity index (χ0v) is 18.0. The van der Waals surface area contributed by atoms with E-state index in [0.717, 1.165) is 5.56 Å². The first kappa shape index (κ1) is 18.0. The van der Waals surface area contributed by atoms with Gasteiger partial charge in [-0.2, -0.15) is 0 Å². The Kier molecular flexibility index (Phi) is 5.42. The van der Waals surface area contributed by atoms with E-state index in [4.69, 9.17) is 0 Å². The first-order chi connectivity index (χ1) is 13.4. The van der Waals surface area contributed by atoms with E-state index in [9.17, 15) is 5.11 Å². The van der Waals surface area contributed by atoms with Crippen molar-refractivity contribution in [1.29, 1.82) is 0 Å². The van der Waals surface area contributed by atoms with Gasteiger partial charge in [0.1, 0.15) is 0 Å². The van der Waals surface area contributed by atoms with Crippen molar-refractivity contribution in [2.24, 2.45) is 0 Å². The minimum atomic E-state index is -3.44. The Morgan fingerprint density at radius 3 is 1.11 bits per heavy atom. The molecule has 0 aromatic heterocycles. The summed E-state index contributed by atoms with van der Waals surface area (Å²) in [6, 6.07) is 41.5. The van der Waals surface area contributed by atoms with Gasteiger partial charge in [-0.25, -0.2) is 0 Å². The molecule has 0 spiro atoms. The molecule has 0 fully saturated rings. The molecule has 4 aromatic rings. The normalized spacial score (nSPS) is 11.3. The summed E-state index contributed by atoms with van der Waals surface area (Å²) in [6.07, 6.45) is 0. The fourth-order valence-corrected chi connectivity index (χ4v) is 17.5. The summed E-state index contributed by atoms with van der Waals surface area (Å²) in [7, 11) is 0. The third kappa shape index (κ3) is 3.33. The van der Waals surface area contributed by atoms with E-state index in [1.807, 2.05) is 0 Å². The second-order valence-electron chi connectivity index (χ2n) is 6.70. The van der Waals surface area contributed by atoms with Crippen LogP contribution in [0.5, 0.6) is 0 Å². The van der Waals surface area contributed by atoms with Gasteiger partial charge in [0.25, 0.3) is 0 Å². The molecule has 1 N–H and O–H groups in total. The first-order valence-electron chi connectivity index (χ1n) is 9.22. The standard InChI is InChI=1S/C7H7O.3C6H5.Sn/c8-6-7-4-2-1-3-5-7;3*1-2-4-6-5-3-1;/h2-5,8H,6H2;3*1-5H;. The van der Waals surface area contributed by atoms with Gasteiger partial charge in [-0.3, -0.25) is 0 Å². The van der Waals surface area contributed by atoms with Crippen LogP contribution < -0.4 is 14.3 Å². The quantitative estimate of drug-likeness (QED) is 0.457. The van der Waals surface area contributed by atoms with Crippen LogP contribution in [-0.4, -0.2) is 23.5 Å². The van der Waals surface area contributed by atoms with Gasteiger partial charge in [0.2, 0.25) is 0 Å². The Hall–Kier alpha value is -2.36. The second-order valence-corrected chi connectivity index (χ2v) is 17.6. The summed E-state index contributed by atoms with van der Waals surface area (Å²) in [6.45, 7) is 0.0742. The number of aliphatic hydroxyl groups excluding tert-OH is 1. The van der Waals surface area contributed by atoms with Crippen molar-refractivity contribution in [3.05, 3.63) is 121 Å². The van der Waals surface area contributed by atoms with E-state index in [2.05, 4.69) is 115 Å². The third-order valence-electron chi connectivity index (χ3n) is 5.19. The molecule has 0 saturated heterocycles. The molecule has 132 valence electrons. The average molecular weight is 457 g/mol. The molecule has 0 saturated carbocycles. The summed E-state index contributed by atoms with van der Waals surface area (Å²) in [4.78, 5) is 0. The molecule has 4 aromatic carbocycles. The maximum absolute atomic E-state index is 9.50. The van der Waals surface area contributed by atoms with Crippen molar-refractivity contribution < 1.29 is 5.11 Å². The molecule has 0 radical (unpaired) electrons. The molecule has 27 heavy (non-hydrogen) atoms. The molecule has 0 amide bonds. The molecular formula is C25H22OSn. The fraction of sp³-hybridized carbons (Fsp3) is 0.0400. The van der Waals surface area contributed by atoms with E-state index in [-0.39, 0.29) is 6.61 Å². The van der Waals surface area contributed by atoms with Crippen molar-refractivity contribution in [3.63, 3.8) is 0 Å². The second kappa shape index (κ2) is 8.11. The van der Waals surface area contributed by atoms with Gasteiger partial charge in [0.15, 0.2) is 0 Å². The molecule has 0 heterocycles. The molecule has 1 nitrogen and oxygen atoms in total. The molecular weight excluding hydrogens is 435 g/mol. The molecule has 0 atom stereocenters. The molecule has 0 aliphatic heterocycles. The number of hydrogen-bond donors (Lipinski definition) is 1. The van der Waals surface area contributed by atoms with Gasteiger partial charge < -0.3 is 0 Å². The number of aliphatic hydroxyl groups is 1. The van der Waals surface area contributed by atoms with Crippen molar-refractivity contribution in [3.8, 4) is 0 Å². The molecule has 0 aliphatic carbocycles. The SMILES string of the molecule is OCc1cc[c]([Sn]([c]2ccccc2)([c]2ccccc2)[c]2ccccc2)cc1. The Bertz CT molecular complexity index is 884. The third-order valence-corrected chi connectivity index (χ3v) is 18.9. The van der Waals surface area contributed by atoms with E-state index in [0.29, 0.717) is 0 Å². The Morgan fingerprint density at radius 2 is 0.778 bits per heavy atom. The van der Waals surface area contributed by atoms with E-state index < -0.39 is 18.4 Å². The average Bonchev–Trinajstić information content (AvgIpc) is 2.77. The van der Waals surface area contributed by atoms with Crippen LogP contribution in [0.4, 0.5) is 0 Å². The first-order valence-corrected chi connectivity index (χ1v) is 14.9. The maximum atomic E-state index is 9.50. The zero-order valence-electron chi connectivity index (χ0n) is 15.1. The van der Waals surface area contributed by atoms with Gasteiger partial charge >= 0.3 is 165 Å². The molecule has 2 heteroatoms. The van der Waals surface area contributed by atoms with E-state index >= 15 is 0 Å². The fourth-order valence-electron chi connectivity index (χ4n) is 3.92. The summed E-state index contributed by atoms with van der Waals surface area (Å²) >= 11 is -3.44. The van der Waals surface area contributed by atoms with Crippen LogP contribution in [0.3, 0.4) is 0 Å². The minimum absolute atomic E-state index is 0.0742. The summed E-state index contributed by atoms with van der Waals surface area (Å²) in [5, 5.41) is 9.50. The van der Waals surface area contributed by atoms with Crippen LogP contribution in [0.15, 0.2) is 115 Å². The van der Waals surface area contributed by atoms with Crippen molar-refractivity contribution >= 4 is 32.7 Å². The Morgan fingerprint density at radius 1 is 0.444 bits per heavy atom. The van der Waals surface area contributed by atoms with Crippen LogP contribution in [0.2, 0.25) is 0 Å². The predicted molar refractivity (Wildman–Crippen MR) is 116 cm³/mol. The van der Waals surface area contributed by atoms with Crippen LogP contribution in [-0.2, 0) is 6.61 Å². The topological polar surface area (TPSA) is 20.2 Å². The molecule has 0 bridgehead atoms. The van der Waals surface area contributed by atoms with Crippen molar-refractivity contribution in [2.75, 3.05) is 0 Å². The van der Waals surface area contributed by atoms with Gasteiger partial charge in [0, 0.05) is 0 Å². The predicted octanol–water partition coefficient (Wildman–Crippen LogP) is 2.56. The number of benzene rings is 4. The van der Waals surface area contributed by atoms with Gasteiger partial charge in [-0.05, 0) is 0 Å². The summed E-state index contributed by atoms with van der Waals surface area (Å²) in [5.74, 6) is 0. The Balaban J connectivity index is 2.09. The molecule has 4 rings (SSSR count). The summed E-state index contributed by atoms with van der Waals surface area (Å²) < 4.78 is 5.69. The van der Waals surface area contributed by atoms with E-state index in [1.165, 1.54) is 14.3 Å². The van der Waals surface area contributed by atoms with Crippen LogP contribution in [0, 0.1) is 0 Å². The van der Waals surface area contributed by atoms with Gasteiger partial charge in [0.05, 0.1) is 0 Å². The van der Waals surface area contributed by atoms with Gasteiger partial charge in [-0.15, -0.1) is 0 Å². The summed E-state index contributed by atoms with van der Waals surface area (Å²) in [5.41, 5.74) is 0.952. The molecule has 0 unspecified atom stereocenters. The molecule has 0 aliphatic rings. The number of rotatable bonds is 5. The van der Waals surface area contributed by atoms with E-state index in [1.54, 1.807) is 0 Å². The van der Waals surface area contributed by atoms with Crippen LogP contribution in [0.25, 0.3) is 0 Å². The zero-order chi connectivity index (χ0) is 18.5. The monoisotopic (exact) mass is 458 g/mol. The van der Waals surface area contributed by atoms with Crippen molar-refractivity contribution in [1.82, 2.24) is 0 Å². The van der Waals surface area contributed by atoms with Crippen molar-refractivity contribution in [2.45, 2.75) is 6.61 Å². The van der Waals surface area contributed by atoms with Gasteiger partial charge in [-0.1, -0.05) is 0 Å².